The number of ether oxygens (including phenoxy) is 1. The SMILES string of the molecule is CCCN(CC(=O)OCC)C(=O)C1CC(C)CC1C(=O)O. The third-order valence-electron chi connectivity index (χ3n) is 3.86. The normalized spacial score (nSPS) is 24.6. The van der Waals surface area contributed by atoms with Gasteiger partial charge in [-0.1, -0.05) is 13.8 Å². The van der Waals surface area contributed by atoms with Crippen LogP contribution in [0, 0.1) is 17.8 Å². The number of hydrogen-bond donors (Lipinski definition) is 1. The Balaban J connectivity index is 2.79. The third kappa shape index (κ3) is 4.72. The van der Waals surface area contributed by atoms with Gasteiger partial charge in [0.15, 0.2) is 0 Å². The fourth-order valence-corrected chi connectivity index (χ4v) is 2.97. The minimum atomic E-state index is -0.926. The number of nitrogens with zero attached hydrogens (tertiary/aromatic N) is 1. The van der Waals surface area contributed by atoms with Crippen LogP contribution in [0.25, 0.3) is 0 Å². The average molecular weight is 299 g/mol. The highest BCUT2D eigenvalue weighted by molar-refractivity contribution is 5.87. The summed E-state index contributed by atoms with van der Waals surface area (Å²) in [5.74, 6) is -2.57. The number of rotatable bonds is 7. The van der Waals surface area contributed by atoms with Gasteiger partial charge in [0.05, 0.1) is 18.4 Å². The van der Waals surface area contributed by atoms with Gasteiger partial charge in [0.1, 0.15) is 6.54 Å². The first-order valence-corrected chi connectivity index (χ1v) is 7.57. The van der Waals surface area contributed by atoms with Crippen LogP contribution in [-0.2, 0) is 19.1 Å². The van der Waals surface area contributed by atoms with Gasteiger partial charge in [0.25, 0.3) is 0 Å². The lowest BCUT2D eigenvalue weighted by molar-refractivity contribution is -0.153. The number of carbonyl (C=O) groups excluding carboxylic acids is 2. The highest BCUT2D eigenvalue weighted by atomic mass is 16.5. The molecular formula is C15H25NO5. The van der Waals surface area contributed by atoms with Crippen molar-refractivity contribution in [1.29, 1.82) is 0 Å². The van der Waals surface area contributed by atoms with Gasteiger partial charge in [-0.25, -0.2) is 0 Å². The van der Waals surface area contributed by atoms with Crippen LogP contribution in [0.3, 0.4) is 0 Å². The molecule has 21 heavy (non-hydrogen) atoms. The van der Waals surface area contributed by atoms with Crippen molar-refractivity contribution in [2.75, 3.05) is 19.7 Å². The Morgan fingerprint density at radius 3 is 2.33 bits per heavy atom. The monoisotopic (exact) mass is 299 g/mol. The molecule has 0 saturated heterocycles. The Kier molecular flexibility index (Phi) is 6.65. The molecule has 1 saturated carbocycles. The first-order chi connectivity index (χ1) is 9.90. The molecular weight excluding hydrogens is 274 g/mol. The van der Waals surface area contributed by atoms with Gasteiger partial charge in [-0.3, -0.25) is 14.4 Å². The molecule has 0 bridgehead atoms. The van der Waals surface area contributed by atoms with Crippen molar-refractivity contribution in [3.8, 4) is 0 Å². The Hall–Kier alpha value is -1.59. The molecule has 1 rings (SSSR count). The fourth-order valence-electron chi connectivity index (χ4n) is 2.97. The molecule has 0 spiro atoms. The molecule has 0 aromatic carbocycles. The topological polar surface area (TPSA) is 83.9 Å². The Labute approximate surface area is 125 Å². The molecule has 0 radical (unpaired) electrons. The summed E-state index contributed by atoms with van der Waals surface area (Å²) in [4.78, 5) is 36.9. The molecule has 0 heterocycles. The molecule has 6 heteroatoms. The molecule has 1 aliphatic rings. The molecule has 1 amide bonds. The fraction of sp³-hybridized carbons (Fsp3) is 0.800. The van der Waals surface area contributed by atoms with E-state index in [-0.39, 0.29) is 25.0 Å². The highest BCUT2D eigenvalue weighted by Crippen LogP contribution is 2.37. The quantitative estimate of drug-likeness (QED) is 0.721. The van der Waals surface area contributed by atoms with E-state index in [1.54, 1.807) is 6.92 Å². The van der Waals surface area contributed by atoms with Crippen molar-refractivity contribution >= 4 is 17.8 Å². The van der Waals surface area contributed by atoms with Gasteiger partial charge < -0.3 is 14.7 Å². The van der Waals surface area contributed by atoms with E-state index in [2.05, 4.69) is 0 Å². The van der Waals surface area contributed by atoms with Crippen LogP contribution in [0.4, 0.5) is 0 Å². The number of carboxylic acids is 1. The zero-order chi connectivity index (χ0) is 16.0. The maximum absolute atomic E-state index is 12.6. The molecule has 6 nitrogen and oxygen atoms in total. The Bertz CT molecular complexity index is 396. The first kappa shape index (κ1) is 17.5. The van der Waals surface area contributed by atoms with Crippen molar-refractivity contribution in [3.05, 3.63) is 0 Å². The summed E-state index contributed by atoms with van der Waals surface area (Å²) in [7, 11) is 0. The van der Waals surface area contributed by atoms with Gasteiger partial charge in [-0.05, 0) is 32.1 Å². The lowest BCUT2D eigenvalue weighted by Crippen LogP contribution is -2.42. The average Bonchev–Trinajstić information content (AvgIpc) is 2.80. The second-order valence-electron chi connectivity index (χ2n) is 5.69. The lowest BCUT2D eigenvalue weighted by atomic mass is 9.94. The summed E-state index contributed by atoms with van der Waals surface area (Å²) in [5.41, 5.74) is 0. The number of hydrogen-bond acceptors (Lipinski definition) is 4. The summed E-state index contributed by atoms with van der Waals surface area (Å²) in [6.07, 6.45) is 1.80. The van der Waals surface area contributed by atoms with Gasteiger partial charge in [-0.2, -0.15) is 0 Å². The number of carbonyl (C=O) groups is 3. The second-order valence-corrected chi connectivity index (χ2v) is 5.69. The second kappa shape index (κ2) is 8.00. The van der Waals surface area contributed by atoms with Crippen molar-refractivity contribution in [1.82, 2.24) is 4.90 Å². The minimum Gasteiger partial charge on any atom is -0.481 e. The number of amides is 1. The third-order valence-corrected chi connectivity index (χ3v) is 3.86. The zero-order valence-electron chi connectivity index (χ0n) is 13.0. The number of carboxylic acid groups (broad SMARTS) is 1. The van der Waals surface area contributed by atoms with Crippen LogP contribution in [0.2, 0.25) is 0 Å². The zero-order valence-corrected chi connectivity index (χ0v) is 13.0. The van der Waals surface area contributed by atoms with Gasteiger partial charge >= 0.3 is 11.9 Å². The van der Waals surface area contributed by atoms with E-state index < -0.39 is 23.8 Å². The van der Waals surface area contributed by atoms with Crippen LogP contribution in [0.15, 0.2) is 0 Å². The lowest BCUT2D eigenvalue weighted by Gasteiger charge is -2.26. The largest absolute Gasteiger partial charge is 0.481 e. The van der Waals surface area contributed by atoms with Crippen LogP contribution in [-0.4, -0.2) is 47.5 Å². The van der Waals surface area contributed by atoms with Gasteiger partial charge in [0, 0.05) is 6.54 Å². The van der Waals surface area contributed by atoms with E-state index in [0.29, 0.717) is 25.8 Å². The van der Waals surface area contributed by atoms with E-state index in [1.165, 1.54) is 4.90 Å². The summed E-state index contributed by atoms with van der Waals surface area (Å²) in [6.45, 7) is 6.19. The minimum absolute atomic E-state index is 0.0995. The van der Waals surface area contributed by atoms with Crippen molar-refractivity contribution in [3.63, 3.8) is 0 Å². The smallest absolute Gasteiger partial charge is 0.325 e. The Morgan fingerprint density at radius 2 is 1.81 bits per heavy atom. The summed E-state index contributed by atoms with van der Waals surface area (Å²) >= 11 is 0. The molecule has 3 unspecified atom stereocenters. The van der Waals surface area contributed by atoms with Crippen molar-refractivity contribution in [2.45, 2.75) is 40.0 Å². The maximum atomic E-state index is 12.6. The van der Waals surface area contributed by atoms with Gasteiger partial charge in [0.2, 0.25) is 5.91 Å². The van der Waals surface area contributed by atoms with E-state index in [9.17, 15) is 19.5 Å². The number of esters is 1. The summed E-state index contributed by atoms with van der Waals surface area (Å²) < 4.78 is 4.88. The molecule has 3 atom stereocenters. The first-order valence-electron chi connectivity index (χ1n) is 7.57. The number of aliphatic carboxylic acids is 1. The van der Waals surface area contributed by atoms with E-state index >= 15 is 0 Å². The van der Waals surface area contributed by atoms with Crippen LogP contribution in [0.5, 0.6) is 0 Å². The van der Waals surface area contributed by atoms with E-state index in [0.717, 1.165) is 0 Å². The molecule has 0 aliphatic heterocycles. The van der Waals surface area contributed by atoms with Crippen molar-refractivity contribution in [2.24, 2.45) is 17.8 Å². The van der Waals surface area contributed by atoms with Crippen molar-refractivity contribution < 1.29 is 24.2 Å². The predicted octanol–water partition coefficient (Wildman–Crippen LogP) is 1.53. The molecule has 1 N–H and O–H groups in total. The maximum Gasteiger partial charge on any atom is 0.325 e. The van der Waals surface area contributed by atoms with E-state index in [4.69, 9.17) is 4.74 Å². The summed E-state index contributed by atoms with van der Waals surface area (Å²) in [5, 5.41) is 9.27. The predicted molar refractivity (Wildman–Crippen MR) is 76.5 cm³/mol. The molecule has 1 aliphatic carbocycles. The molecule has 0 aromatic rings. The molecule has 0 aromatic heterocycles. The van der Waals surface area contributed by atoms with Crippen LogP contribution < -0.4 is 0 Å². The summed E-state index contributed by atoms with van der Waals surface area (Å²) in [6, 6.07) is 0. The molecule has 120 valence electrons. The standard InChI is InChI=1S/C15H25NO5/c1-4-6-16(9-13(17)21-5-2)14(18)11-7-10(3)8-12(11)15(19)20/h10-12H,4-9H2,1-3H3,(H,19,20). The molecule has 1 fully saturated rings. The van der Waals surface area contributed by atoms with Crippen LogP contribution in [0.1, 0.15) is 40.0 Å². The van der Waals surface area contributed by atoms with Gasteiger partial charge in [-0.15, -0.1) is 0 Å². The van der Waals surface area contributed by atoms with Crippen LogP contribution >= 0.6 is 0 Å². The van der Waals surface area contributed by atoms with E-state index in [1.807, 2.05) is 13.8 Å². The Morgan fingerprint density at radius 1 is 1.19 bits per heavy atom. The highest BCUT2D eigenvalue weighted by Gasteiger charge is 2.42.